The van der Waals surface area contributed by atoms with Crippen LogP contribution in [0.1, 0.15) is 17.8 Å². The molecule has 4 nitrogen and oxygen atoms in total. The second-order valence-corrected chi connectivity index (χ2v) is 4.18. The highest BCUT2D eigenvalue weighted by molar-refractivity contribution is 7.07. The number of hydrogen-bond acceptors (Lipinski definition) is 5. The first-order chi connectivity index (χ1) is 8.34. The van der Waals surface area contributed by atoms with Gasteiger partial charge in [0.1, 0.15) is 6.61 Å². The molecule has 5 heteroatoms. The summed E-state index contributed by atoms with van der Waals surface area (Å²) in [6.07, 6.45) is 2.67. The van der Waals surface area contributed by atoms with Crippen molar-refractivity contribution in [2.45, 2.75) is 19.4 Å². The van der Waals surface area contributed by atoms with Gasteiger partial charge in [0.2, 0.25) is 0 Å². The summed E-state index contributed by atoms with van der Waals surface area (Å²) < 4.78 is 5.10. The molecule has 0 radical (unpaired) electrons. The normalized spacial score (nSPS) is 10.1. The average Bonchev–Trinajstić information content (AvgIpc) is 2.88. The highest BCUT2D eigenvalue weighted by Gasteiger charge is 2.05. The van der Waals surface area contributed by atoms with Crippen LogP contribution in [-0.2, 0) is 22.6 Å². The molecule has 0 fully saturated rings. The summed E-state index contributed by atoms with van der Waals surface area (Å²) in [7, 11) is 0. The van der Waals surface area contributed by atoms with E-state index in [9.17, 15) is 4.79 Å². The van der Waals surface area contributed by atoms with E-state index in [2.05, 4.69) is 9.97 Å². The first-order valence-electron chi connectivity index (χ1n) is 5.27. The number of nitrogens with zero attached hydrogens (tertiary/aromatic N) is 2. The van der Waals surface area contributed by atoms with Crippen LogP contribution in [0.5, 0.6) is 0 Å². The number of ether oxygens (including phenoxy) is 1. The maximum absolute atomic E-state index is 11.4. The van der Waals surface area contributed by atoms with Crippen molar-refractivity contribution in [1.82, 2.24) is 9.97 Å². The number of aryl methyl sites for hydroxylation is 1. The van der Waals surface area contributed by atoms with Crippen molar-refractivity contribution in [2.75, 3.05) is 0 Å². The molecule has 0 saturated heterocycles. The molecule has 0 unspecified atom stereocenters. The zero-order chi connectivity index (χ0) is 11.9. The number of aromatic nitrogens is 2. The molecule has 0 aliphatic heterocycles. The molecule has 0 atom stereocenters. The smallest absolute Gasteiger partial charge is 0.306 e. The second kappa shape index (κ2) is 6.10. The standard InChI is InChI=1S/C12H12N2O2S/c15-12(5-4-11-8-17-9-14-11)16-7-10-3-1-2-6-13-10/h1-3,6,8-9H,4-5,7H2. The van der Waals surface area contributed by atoms with Crippen molar-refractivity contribution >= 4 is 17.3 Å². The quantitative estimate of drug-likeness (QED) is 0.761. The van der Waals surface area contributed by atoms with Crippen LogP contribution in [0.25, 0.3) is 0 Å². The van der Waals surface area contributed by atoms with Crippen LogP contribution in [0, 0.1) is 0 Å². The van der Waals surface area contributed by atoms with Crippen molar-refractivity contribution in [3.63, 3.8) is 0 Å². The van der Waals surface area contributed by atoms with E-state index in [0.717, 1.165) is 11.4 Å². The fraction of sp³-hybridized carbons (Fsp3) is 0.250. The van der Waals surface area contributed by atoms with Gasteiger partial charge >= 0.3 is 5.97 Å². The Morgan fingerprint density at radius 1 is 1.29 bits per heavy atom. The number of thiazole rings is 1. The van der Waals surface area contributed by atoms with E-state index >= 15 is 0 Å². The zero-order valence-electron chi connectivity index (χ0n) is 9.20. The molecular formula is C12H12N2O2S. The molecule has 0 aromatic carbocycles. The Balaban J connectivity index is 1.71. The summed E-state index contributed by atoms with van der Waals surface area (Å²) >= 11 is 1.53. The van der Waals surface area contributed by atoms with Gasteiger partial charge in [0, 0.05) is 18.0 Å². The van der Waals surface area contributed by atoms with Crippen LogP contribution < -0.4 is 0 Å². The minimum absolute atomic E-state index is 0.219. The number of carbonyl (C=O) groups excluding carboxylic acids is 1. The second-order valence-electron chi connectivity index (χ2n) is 3.46. The van der Waals surface area contributed by atoms with Gasteiger partial charge in [0.15, 0.2) is 0 Å². The monoisotopic (exact) mass is 248 g/mol. The number of esters is 1. The fourth-order valence-electron chi connectivity index (χ4n) is 1.30. The van der Waals surface area contributed by atoms with E-state index in [1.165, 1.54) is 11.3 Å². The zero-order valence-corrected chi connectivity index (χ0v) is 10.0. The predicted octanol–water partition coefficient (Wildman–Crippen LogP) is 2.21. The molecular weight excluding hydrogens is 236 g/mol. The first kappa shape index (κ1) is 11.7. The molecule has 2 rings (SSSR count). The molecule has 0 aliphatic rings. The lowest BCUT2D eigenvalue weighted by molar-refractivity contribution is -0.145. The molecule has 0 saturated carbocycles. The van der Waals surface area contributed by atoms with Crippen molar-refractivity contribution in [3.8, 4) is 0 Å². The minimum Gasteiger partial charge on any atom is -0.459 e. The highest BCUT2D eigenvalue weighted by Crippen LogP contribution is 2.05. The number of carbonyl (C=O) groups is 1. The van der Waals surface area contributed by atoms with Gasteiger partial charge in [0.05, 0.1) is 23.3 Å². The lowest BCUT2D eigenvalue weighted by atomic mass is 10.2. The van der Waals surface area contributed by atoms with E-state index in [-0.39, 0.29) is 12.6 Å². The SMILES string of the molecule is O=C(CCc1cscn1)OCc1ccccn1. The summed E-state index contributed by atoms with van der Waals surface area (Å²) in [5, 5.41) is 1.94. The Labute approximate surface area is 103 Å². The van der Waals surface area contributed by atoms with Crippen molar-refractivity contribution < 1.29 is 9.53 Å². The molecule has 0 spiro atoms. The molecule has 2 heterocycles. The van der Waals surface area contributed by atoms with Gasteiger partial charge in [-0.15, -0.1) is 11.3 Å². The molecule has 0 bridgehead atoms. The molecule has 88 valence electrons. The van der Waals surface area contributed by atoms with Gasteiger partial charge in [-0.25, -0.2) is 4.98 Å². The van der Waals surface area contributed by atoms with E-state index in [1.807, 2.05) is 23.6 Å². The Morgan fingerprint density at radius 2 is 2.24 bits per heavy atom. The number of hydrogen-bond donors (Lipinski definition) is 0. The van der Waals surface area contributed by atoms with Gasteiger partial charge in [-0.1, -0.05) is 6.07 Å². The fourth-order valence-corrected chi connectivity index (χ4v) is 1.89. The summed E-state index contributed by atoms with van der Waals surface area (Å²) in [6, 6.07) is 5.52. The van der Waals surface area contributed by atoms with Crippen LogP contribution >= 0.6 is 11.3 Å². The van der Waals surface area contributed by atoms with E-state index in [4.69, 9.17) is 4.74 Å². The average molecular weight is 248 g/mol. The van der Waals surface area contributed by atoms with Gasteiger partial charge in [0.25, 0.3) is 0 Å². The molecule has 2 aromatic rings. The molecule has 0 amide bonds. The van der Waals surface area contributed by atoms with Crippen molar-refractivity contribution in [3.05, 3.63) is 46.7 Å². The lowest BCUT2D eigenvalue weighted by Crippen LogP contribution is -2.06. The minimum atomic E-state index is -0.219. The summed E-state index contributed by atoms with van der Waals surface area (Å²) in [4.78, 5) is 19.6. The Hall–Kier alpha value is -1.75. The maximum atomic E-state index is 11.4. The summed E-state index contributed by atoms with van der Waals surface area (Å²) in [6.45, 7) is 0.233. The van der Waals surface area contributed by atoms with Gasteiger partial charge < -0.3 is 4.74 Å². The third-order valence-corrected chi connectivity index (χ3v) is 2.81. The molecule has 2 aromatic heterocycles. The van der Waals surface area contributed by atoms with E-state index in [1.54, 1.807) is 11.7 Å². The van der Waals surface area contributed by atoms with Gasteiger partial charge in [-0.3, -0.25) is 9.78 Å². The predicted molar refractivity (Wildman–Crippen MR) is 64.5 cm³/mol. The molecule has 17 heavy (non-hydrogen) atoms. The third-order valence-electron chi connectivity index (χ3n) is 2.18. The highest BCUT2D eigenvalue weighted by atomic mass is 32.1. The first-order valence-corrected chi connectivity index (χ1v) is 6.21. The maximum Gasteiger partial charge on any atom is 0.306 e. The Kier molecular flexibility index (Phi) is 4.21. The lowest BCUT2D eigenvalue weighted by Gasteiger charge is -2.03. The Bertz CT molecular complexity index is 457. The summed E-state index contributed by atoms with van der Waals surface area (Å²) in [5.74, 6) is -0.219. The van der Waals surface area contributed by atoms with Crippen LogP contribution in [0.4, 0.5) is 0 Å². The van der Waals surface area contributed by atoms with Gasteiger partial charge in [-0.2, -0.15) is 0 Å². The largest absolute Gasteiger partial charge is 0.459 e. The molecule has 0 N–H and O–H groups in total. The van der Waals surface area contributed by atoms with Crippen LogP contribution in [-0.4, -0.2) is 15.9 Å². The number of rotatable bonds is 5. The van der Waals surface area contributed by atoms with Crippen LogP contribution in [0.3, 0.4) is 0 Å². The number of pyridine rings is 1. The van der Waals surface area contributed by atoms with Crippen LogP contribution in [0.15, 0.2) is 35.3 Å². The molecule has 0 aliphatic carbocycles. The topological polar surface area (TPSA) is 52.1 Å². The van der Waals surface area contributed by atoms with E-state index in [0.29, 0.717) is 12.8 Å². The summed E-state index contributed by atoms with van der Waals surface area (Å²) in [5.41, 5.74) is 3.45. The Morgan fingerprint density at radius 3 is 2.94 bits per heavy atom. The van der Waals surface area contributed by atoms with Crippen molar-refractivity contribution in [1.29, 1.82) is 0 Å². The van der Waals surface area contributed by atoms with E-state index < -0.39 is 0 Å². The third kappa shape index (κ3) is 3.96. The van der Waals surface area contributed by atoms with Crippen LogP contribution in [0.2, 0.25) is 0 Å². The van der Waals surface area contributed by atoms with Crippen molar-refractivity contribution in [2.24, 2.45) is 0 Å². The van der Waals surface area contributed by atoms with Gasteiger partial charge in [-0.05, 0) is 12.1 Å².